The number of amides is 4. The van der Waals surface area contributed by atoms with Crippen molar-refractivity contribution in [3.05, 3.63) is 0 Å². The Morgan fingerprint density at radius 1 is 1.44 bits per heavy atom. The summed E-state index contributed by atoms with van der Waals surface area (Å²) in [5.41, 5.74) is -1.26. The molecule has 8 heteroatoms. The second kappa shape index (κ2) is 3.49. The summed E-state index contributed by atoms with van der Waals surface area (Å²) in [5, 5.41) is 23.6. The average Bonchev–Trinajstić information content (AvgIpc) is 2.68. The predicted octanol–water partition coefficient (Wildman–Crippen LogP) is -1.98. The molecule has 0 saturated carbocycles. The van der Waals surface area contributed by atoms with Crippen LogP contribution in [0.3, 0.4) is 0 Å². The van der Waals surface area contributed by atoms with Gasteiger partial charge in [-0.25, -0.2) is 9.59 Å². The van der Waals surface area contributed by atoms with Crippen LogP contribution in [-0.4, -0.2) is 63.8 Å². The highest BCUT2D eigenvalue weighted by molar-refractivity contribution is 5.86. The van der Waals surface area contributed by atoms with Crippen LogP contribution >= 0.6 is 0 Å². The molecular formula is C8H14N4O4. The van der Waals surface area contributed by atoms with Crippen molar-refractivity contribution >= 4 is 12.1 Å². The summed E-state index contributed by atoms with van der Waals surface area (Å²) in [6.45, 7) is 1.11. The third-order valence-electron chi connectivity index (χ3n) is 3.04. The highest BCUT2D eigenvalue weighted by atomic mass is 16.3. The molecule has 0 spiro atoms. The van der Waals surface area contributed by atoms with E-state index in [0.717, 1.165) is 4.90 Å². The Labute approximate surface area is 91.8 Å². The minimum Gasteiger partial charge on any atom is -0.392 e. The number of rotatable bonds is 3. The molecule has 2 rings (SSSR count). The van der Waals surface area contributed by atoms with Crippen molar-refractivity contribution in [2.45, 2.75) is 18.8 Å². The molecule has 0 radical (unpaired) electrons. The number of urea groups is 2. The quantitative estimate of drug-likeness (QED) is 0.451. The lowest BCUT2D eigenvalue weighted by molar-refractivity contribution is 0.00943. The molecule has 2 unspecified atom stereocenters. The molecule has 2 fully saturated rings. The second-order valence-electron chi connectivity index (χ2n) is 3.72. The smallest absolute Gasteiger partial charge is 0.325 e. The molecule has 2 heterocycles. The maximum absolute atomic E-state index is 11.8. The molecule has 2 saturated heterocycles. The maximum Gasteiger partial charge on any atom is 0.325 e. The van der Waals surface area contributed by atoms with E-state index in [9.17, 15) is 14.7 Å². The number of carbonyl (C=O) groups is 2. The Kier molecular flexibility index (Phi) is 2.39. The van der Waals surface area contributed by atoms with Crippen LogP contribution in [0, 0.1) is 0 Å². The number of hydrogen-bond acceptors (Lipinski definition) is 4. The third kappa shape index (κ3) is 1.11. The molecule has 2 atom stereocenters. The van der Waals surface area contributed by atoms with E-state index < -0.39 is 37.2 Å². The highest BCUT2D eigenvalue weighted by Gasteiger charge is 2.61. The molecule has 4 N–H and O–H groups in total. The fourth-order valence-corrected chi connectivity index (χ4v) is 2.25. The molecule has 0 aliphatic carbocycles. The number of aliphatic hydroxyl groups is 2. The topological polar surface area (TPSA) is 105 Å². The van der Waals surface area contributed by atoms with Crippen LogP contribution in [0.2, 0.25) is 0 Å². The molecule has 16 heavy (non-hydrogen) atoms. The van der Waals surface area contributed by atoms with Crippen molar-refractivity contribution < 1.29 is 19.8 Å². The molecule has 4 amide bonds. The normalized spacial score (nSPS) is 32.8. The Morgan fingerprint density at radius 3 is 2.62 bits per heavy atom. The molecule has 0 aromatic heterocycles. The molecule has 2 aliphatic rings. The van der Waals surface area contributed by atoms with Crippen LogP contribution < -0.4 is 10.6 Å². The van der Waals surface area contributed by atoms with Crippen LogP contribution in [0.1, 0.15) is 6.92 Å². The summed E-state index contributed by atoms with van der Waals surface area (Å²) in [5.74, 6) is 0. The van der Waals surface area contributed by atoms with Gasteiger partial charge in [-0.3, -0.25) is 4.90 Å². The van der Waals surface area contributed by atoms with E-state index in [1.165, 1.54) is 4.90 Å². The Morgan fingerprint density at radius 2 is 2.12 bits per heavy atom. The van der Waals surface area contributed by atoms with Gasteiger partial charge in [0, 0.05) is 6.54 Å². The standard InChI is InChI=1S/C8H14N4O4/c1-2-11-5-8(3-13,10-6(15)9-5)12(4-14)7(11)16/h5,13-14H,2-4H2,1H3,(H2,9,10,15). The minimum atomic E-state index is -1.26. The number of nitrogens with zero attached hydrogens (tertiary/aromatic N) is 2. The van der Waals surface area contributed by atoms with Crippen LogP contribution in [0.4, 0.5) is 9.59 Å². The fraction of sp³-hybridized carbons (Fsp3) is 0.750. The molecule has 8 nitrogen and oxygen atoms in total. The van der Waals surface area contributed by atoms with Crippen molar-refractivity contribution in [2.24, 2.45) is 0 Å². The van der Waals surface area contributed by atoms with Crippen molar-refractivity contribution in [3.63, 3.8) is 0 Å². The van der Waals surface area contributed by atoms with E-state index in [1.54, 1.807) is 6.92 Å². The molecule has 2 aliphatic heterocycles. The lowest BCUT2D eigenvalue weighted by Gasteiger charge is -2.32. The summed E-state index contributed by atoms with van der Waals surface area (Å²) < 4.78 is 0. The van der Waals surface area contributed by atoms with Gasteiger partial charge >= 0.3 is 12.1 Å². The van der Waals surface area contributed by atoms with Gasteiger partial charge in [0.25, 0.3) is 0 Å². The van der Waals surface area contributed by atoms with Gasteiger partial charge in [-0.05, 0) is 6.92 Å². The van der Waals surface area contributed by atoms with Gasteiger partial charge in [-0.1, -0.05) is 0 Å². The van der Waals surface area contributed by atoms with E-state index in [-0.39, 0.29) is 0 Å². The Bertz CT molecular complexity index is 336. The van der Waals surface area contributed by atoms with Gasteiger partial charge in [0.1, 0.15) is 6.73 Å². The van der Waals surface area contributed by atoms with Crippen molar-refractivity contribution in [1.82, 2.24) is 20.4 Å². The van der Waals surface area contributed by atoms with E-state index in [2.05, 4.69) is 10.6 Å². The zero-order chi connectivity index (χ0) is 11.9. The van der Waals surface area contributed by atoms with Gasteiger partial charge in [0.2, 0.25) is 0 Å². The Balaban J connectivity index is 2.41. The SMILES string of the molecule is CCN1C(=O)N(CO)C2(CO)NC(=O)NC12. The summed E-state index contributed by atoms with van der Waals surface area (Å²) in [6.07, 6.45) is -0.658. The molecule has 90 valence electrons. The van der Waals surface area contributed by atoms with E-state index >= 15 is 0 Å². The van der Waals surface area contributed by atoms with Crippen LogP contribution in [-0.2, 0) is 0 Å². The van der Waals surface area contributed by atoms with Crippen molar-refractivity contribution in [1.29, 1.82) is 0 Å². The lowest BCUT2D eigenvalue weighted by atomic mass is 10.1. The number of likely N-dealkylation sites (N-methyl/N-ethyl adjacent to an activating group) is 1. The summed E-state index contributed by atoms with van der Waals surface area (Å²) >= 11 is 0. The first kappa shape index (κ1) is 11.0. The van der Waals surface area contributed by atoms with Gasteiger partial charge in [0.05, 0.1) is 6.61 Å². The first-order chi connectivity index (χ1) is 7.60. The van der Waals surface area contributed by atoms with Gasteiger partial charge < -0.3 is 25.7 Å². The average molecular weight is 230 g/mol. The van der Waals surface area contributed by atoms with Crippen LogP contribution in [0.25, 0.3) is 0 Å². The maximum atomic E-state index is 11.8. The largest absolute Gasteiger partial charge is 0.392 e. The number of carbonyl (C=O) groups excluding carboxylic acids is 2. The highest BCUT2D eigenvalue weighted by Crippen LogP contribution is 2.31. The summed E-state index contributed by atoms with van der Waals surface area (Å²) in [7, 11) is 0. The molecular weight excluding hydrogens is 216 g/mol. The summed E-state index contributed by atoms with van der Waals surface area (Å²) in [6, 6.07) is -0.889. The lowest BCUT2D eigenvalue weighted by Crippen LogP contribution is -2.61. The monoisotopic (exact) mass is 230 g/mol. The number of aliphatic hydroxyl groups excluding tert-OH is 2. The van der Waals surface area contributed by atoms with Gasteiger partial charge in [0.15, 0.2) is 11.8 Å². The number of hydrogen-bond donors (Lipinski definition) is 4. The second-order valence-corrected chi connectivity index (χ2v) is 3.72. The summed E-state index contributed by atoms with van der Waals surface area (Å²) in [4.78, 5) is 25.5. The minimum absolute atomic E-state index is 0.379. The zero-order valence-corrected chi connectivity index (χ0v) is 8.80. The van der Waals surface area contributed by atoms with Gasteiger partial charge in [-0.2, -0.15) is 0 Å². The van der Waals surface area contributed by atoms with E-state index in [4.69, 9.17) is 5.11 Å². The molecule has 0 aromatic rings. The molecule has 0 aromatic carbocycles. The molecule has 0 bridgehead atoms. The predicted molar refractivity (Wildman–Crippen MR) is 52.0 cm³/mol. The van der Waals surface area contributed by atoms with Crippen LogP contribution in [0.15, 0.2) is 0 Å². The van der Waals surface area contributed by atoms with Crippen molar-refractivity contribution in [3.8, 4) is 0 Å². The fourth-order valence-electron chi connectivity index (χ4n) is 2.25. The first-order valence-electron chi connectivity index (χ1n) is 4.99. The van der Waals surface area contributed by atoms with Crippen LogP contribution in [0.5, 0.6) is 0 Å². The first-order valence-corrected chi connectivity index (χ1v) is 4.99. The Hall–Kier alpha value is -1.54. The number of fused-ring (bicyclic) bond motifs is 1. The van der Waals surface area contributed by atoms with E-state index in [1.807, 2.05) is 0 Å². The van der Waals surface area contributed by atoms with E-state index in [0.29, 0.717) is 6.54 Å². The third-order valence-corrected chi connectivity index (χ3v) is 3.04. The van der Waals surface area contributed by atoms with Gasteiger partial charge in [-0.15, -0.1) is 0 Å². The zero-order valence-electron chi connectivity index (χ0n) is 8.80. The van der Waals surface area contributed by atoms with Crippen molar-refractivity contribution in [2.75, 3.05) is 19.9 Å². The number of nitrogens with one attached hydrogen (secondary N) is 2.